The van der Waals surface area contributed by atoms with E-state index in [1.807, 2.05) is 13.0 Å². The molecular weight excluding hydrogens is 274 g/mol. The normalized spacial score (nSPS) is 17.0. The highest BCUT2D eigenvalue weighted by Gasteiger charge is 2.41. The largest absolute Gasteiger partial charge is 0.337 e. The van der Waals surface area contributed by atoms with Crippen molar-refractivity contribution in [2.75, 3.05) is 6.54 Å². The summed E-state index contributed by atoms with van der Waals surface area (Å²) in [5.74, 6) is 1.08. The van der Waals surface area contributed by atoms with E-state index in [1.165, 1.54) is 6.42 Å². The predicted molar refractivity (Wildman–Crippen MR) is 88.6 cm³/mol. The molecule has 4 nitrogen and oxygen atoms in total. The van der Waals surface area contributed by atoms with E-state index in [0.717, 1.165) is 50.2 Å². The number of nitrogens with zero attached hydrogens (tertiary/aromatic N) is 3. The summed E-state index contributed by atoms with van der Waals surface area (Å²) in [6, 6.07) is 1.91. The maximum absolute atomic E-state index is 12.8. The van der Waals surface area contributed by atoms with Crippen molar-refractivity contribution >= 4 is 5.91 Å². The van der Waals surface area contributed by atoms with Crippen molar-refractivity contribution in [3.63, 3.8) is 0 Å². The molecule has 2 heterocycles. The zero-order chi connectivity index (χ0) is 16.0. The summed E-state index contributed by atoms with van der Waals surface area (Å²) in [7, 11) is 0. The van der Waals surface area contributed by atoms with Gasteiger partial charge in [0.25, 0.3) is 0 Å². The summed E-state index contributed by atoms with van der Waals surface area (Å²) in [4.78, 5) is 23.4. The maximum atomic E-state index is 12.8. The van der Waals surface area contributed by atoms with Gasteiger partial charge in [-0.05, 0) is 45.1 Å². The first-order valence-electron chi connectivity index (χ1n) is 8.70. The lowest BCUT2D eigenvalue weighted by Crippen LogP contribution is -2.47. The molecule has 0 radical (unpaired) electrons. The highest BCUT2D eigenvalue weighted by molar-refractivity contribution is 5.77. The summed E-state index contributed by atoms with van der Waals surface area (Å²) in [5, 5.41) is 0. The molecule has 0 N–H and O–H groups in total. The molecule has 1 aromatic rings. The summed E-state index contributed by atoms with van der Waals surface area (Å²) < 4.78 is 0. The van der Waals surface area contributed by atoms with Crippen LogP contribution in [-0.4, -0.2) is 32.9 Å². The van der Waals surface area contributed by atoms with Crippen molar-refractivity contribution in [2.45, 2.75) is 77.7 Å². The van der Waals surface area contributed by atoms with Gasteiger partial charge in [-0.2, -0.15) is 0 Å². The van der Waals surface area contributed by atoms with E-state index in [2.05, 4.69) is 28.7 Å². The van der Waals surface area contributed by atoms with E-state index in [0.29, 0.717) is 18.7 Å². The van der Waals surface area contributed by atoms with Gasteiger partial charge in [-0.15, -0.1) is 0 Å². The van der Waals surface area contributed by atoms with Gasteiger partial charge in [-0.3, -0.25) is 4.79 Å². The van der Waals surface area contributed by atoms with Gasteiger partial charge < -0.3 is 4.90 Å². The third kappa shape index (κ3) is 3.84. The number of rotatable bonds is 7. The van der Waals surface area contributed by atoms with Gasteiger partial charge in [0.15, 0.2) is 0 Å². The molecule has 2 rings (SSSR count). The number of carbonyl (C=O) groups is 1. The Morgan fingerprint density at radius 1 is 1.32 bits per heavy atom. The van der Waals surface area contributed by atoms with Gasteiger partial charge in [0, 0.05) is 30.4 Å². The number of amides is 1. The summed E-state index contributed by atoms with van der Waals surface area (Å²) >= 11 is 0. The molecule has 1 fully saturated rings. The van der Waals surface area contributed by atoms with Crippen LogP contribution in [0.5, 0.6) is 0 Å². The molecule has 1 aromatic heterocycles. The molecule has 0 saturated carbocycles. The van der Waals surface area contributed by atoms with Crippen LogP contribution < -0.4 is 0 Å². The first kappa shape index (κ1) is 16.9. The van der Waals surface area contributed by atoms with Crippen molar-refractivity contribution in [3.8, 4) is 0 Å². The van der Waals surface area contributed by atoms with Crippen molar-refractivity contribution < 1.29 is 4.79 Å². The van der Waals surface area contributed by atoms with Crippen molar-refractivity contribution in [3.05, 3.63) is 23.8 Å². The predicted octanol–water partition coefficient (Wildman–Crippen LogP) is 3.68. The molecule has 0 bridgehead atoms. The van der Waals surface area contributed by atoms with E-state index < -0.39 is 0 Å². The molecule has 0 atom stereocenters. The quantitative estimate of drug-likeness (QED) is 0.772. The average molecular weight is 303 g/mol. The van der Waals surface area contributed by atoms with E-state index in [-0.39, 0.29) is 5.54 Å². The minimum atomic E-state index is 0.127. The number of likely N-dealkylation sites (tertiary alicyclic amines) is 1. The van der Waals surface area contributed by atoms with Crippen LogP contribution in [0, 0.1) is 6.92 Å². The molecule has 22 heavy (non-hydrogen) atoms. The van der Waals surface area contributed by atoms with Crippen molar-refractivity contribution in [1.82, 2.24) is 14.9 Å². The molecule has 122 valence electrons. The van der Waals surface area contributed by atoms with Gasteiger partial charge in [0.2, 0.25) is 5.91 Å². The number of hydrogen-bond acceptors (Lipinski definition) is 3. The van der Waals surface area contributed by atoms with E-state index in [1.54, 1.807) is 6.20 Å². The Balaban J connectivity index is 2.01. The topological polar surface area (TPSA) is 46.1 Å². The monoisotopic (exact) mass is 303 g/mol. The smallest absolute Gasteiger partial charge is 0.223 e. The van der Waals surface area contributed by atoms with Crippen LogP contribution >= 0.6 is 0 Å². The lowest BCUT2D eigenvalue weighted by Gasteiger charge is -2.39. The number of aryl methyl sites for hydroxylation is 2. The van der Waals surface area contributed by atoms with Crippen LogP contribution in [0.4, 0.5) is 0 Å². The zero-order valence-electron chi connectivity index (χ0n) is 14.3. The summed E-state index contributed by atoms with van der Waals surface area (Å²) in [6.07, 6.45) is 9.95. The number of hydrogen-bond donors (Lipinski definition) is 0. The Morgan fingerprint density at radius 3 is 2.68 bits per heavy atom. The first-order valence-corrected chi connectivity index (χ1v) is 8.70. The second-order valence-corrected chi connectivity index (χ2v) is 6.47. The van der Waals surface area contributed by atoms with E-state index in [4.69, 9.17) is 0 Å². The Kier molecular flexibility index (Phi) is 5.92. The molecule has 0 aromatic carbocycles. The second-order valence-electron chi connectivity index (χ2n) is 6.47. The minimum absolute atomic E-state index is 0.127. The Hall–Kier alpha value is -1.45. The molecular formula is C18H29N3O. The third-order valence-electron chi connectivity index (χ3n) is 4.76. The zero-order valence-corrected chi connectivity index (χ0v) is 14.3. The Bertz CT molecular complexity index is 495. The molecule has 1 aliphatic rings. The van der Waals surface area contributed by atoms with Crippen LogP contribution in [0.3, 0.4) is 0 Å². The number of aromatic nitrogens is 2. The van der Waals surface area contributed by atoms with Crippen LogP contribution in [0.15, 0.2) is 12.3 Å². The van der Waals surface area contributed by atoms with Gasteiger partial charge >= 0.3 is 0 Å². The van der Waals surface area contributed by atoms with E-state index in [9.17, 15) is 4.79 Å². The fourth-order valence-electron chi connectivity index (χ4n) is 3.92. The molecule has 0 spiro atoms. The molecule has 1 saturated heterocycles. The van der Waals surface area contributed by atoms with Gasteiger partial charge in [0.1, 0.15) is 5.82 Å². The molecule has 1 aliphatic heterocycles. The van der Waals surface area contributed by atoms with Crippen LogP contribution in [0.25, 0.3) is 0 Å². The Morgan fingerprint density at radius 2 is 2.05 bits per heavy atom. The molecule has 0 unspecified atom stereocenters. The highest BCUT2D eigenvalue weighted by atomic mass is 16.2. The third-order valence-corrected chi connectivity index (χ3v) is 4.76. The Labute approximate surface area is 134 Å². The molecule has 4 heteroatoms. The summed E-state index contributed by atoms with van der Waals surface area (Å²) in [6.45, 7) is 7.27. The van der Waals surface area contributed by atoms with Crippen molar-refractivity contribution in [2.24, 2.45) is 0 Å². The molecule has 1 amide bonds. The standard InChI is InChI=1S/C18H29N3O/c1-4-10-18(11-5-2)12-6-14-21(18)17(22)8-7-16-9-13-19-15(3)20-16/h9,13H,4-8,10-12,14H2,1-3H3. The highest BCUT2D eigenvalue weighted by Crippen LogP contribution is 2.38. The fourth-order valence-corrected chi connectivity index (χ4v) is 3.92. The minimum Gasteiger partial charge on any atom is -0.337 e. The SMILES string of the molecule is CCCC1(CCC)CCCN1C(=O)CCc1ccnc(C)n1. The van der Waals surface area contributed by atoms with Crippen molar-refractivity contribution in [1.29, 1.82) is 0 Å². The van der Waals surface area contributed by atoms with E-state index >= 15 is 0 Å². The second kappa shape index (κ2) is 7.70. The van der Waals surface area contributed by atoms with Crippen LogP contribution in [0.2, 0.25) is 0 Å². The van der Waals surface area contributed by atoms with Gasteiger partial charge in [0.05, 0.1) is 0 Å². The van der Waals surface area contributed by atoms with Crippen LogP contribution in [0.1, 0.15) is 70.3 Å². The van der Waals surface area contributed by atoms with Gasteiger partial charge in [-0.1, -0.05) is 26.7 Å². The van der Waals surface area contributed by atoms with Crippen LogP contribution in [-0.2, 0) is 11.2 Å². The number of carbonyl (C=O) groups excluding carboxylic acids is 1. The average Bonchev–Trinajstić information content (AvgIpc) is 2.89. The lowest BCUT2D eigenvalue weighted by atomic mass is 9.85. The van der Waals surface area contributed by atoms with Gasteiger partial charge in [-0.25, -0.2) is 9.97 Å². The first-order chi connectivity index (χ1) is 10.6. The molecule has 0 aliphatic carbocycles. The fraction of sp³-hybridized carbons (Fsp3) is 0.722. The maximum Gasteiger partial charge on any atom is 0.223 e. The lowest BCUT2D eigenvalue weighted by molar-refractivity contribution is -0.136. The summed E-state index contributed by atoms with van der Waals surface area (Å²) in [5.41, 5.74) is 1.10.